The maximum absolute atomic E-state index is 12.3. The minimum atomic E-state index is -0.200. The second-order valence-electron chi connectivity index (χ2n) is 5.86. The second-order valence-corrected chi connectivity index (χ2v) is 5.86. The molecule has 0 radical (unpaired) electrons. The predicted octanol–water partition coefficient (Wildman–Crippen LogP) is 1.98. The molecule has 2 rings (SSSR count). The Bertz CT molecular complexity index is 559. The molecule has 0 bridgehead atoms. The summed E-state index contributed by atoms with van der Waals surface area (Å²) >= 11 is 0. The average Bonchev–Trinajstić information content (AvgIpc) is 2.49. The minimum absolute atomic E-state index is 0.0955. The van der Waals surface area contributed by atoms with Gasteiger partial charge < -0.3 is 10.4 Å². The van der Waals surface area contributed by atoms with E-state index in [1.807, 2.05) is 0 Å². The van der Waals surface area contributed by atoms with Crippen LogP contribution in [0, 0.1) is 23.7 Å². The highest BCUT2D eigenvalue weighted by Gasteiger charge is 2.25. The number of hydrogen-bond donors (Lipinski definition) is 2. The van der Waals surface area contributed by atoms with Crippen LogP contribution in [0.15, 0.2) is 18.5 Å². The lowest BCUT2D eigenvalue weighted by molar-refractivity contribution is 0.0910. The van der Waals surface area contributed by atoms with Crippen molar-refractivity contribution in [2.45, 2.75) is 39.2 Å². The summed E-state index contributed by atoms with van der Waals surface area (Å²) in [6.45, 7) is 4.32. The molecule has 0 aliphatic heterocycles. The van der Waals surface area contributed by atoms with E-state index in [0.717, 1.165) is 25.2 Å². The van der Waals surface area contributed by atoms with Gasteiger partial charge in [-0.25, -0.2) is 0 Å². The van der Waals surface area contributed by atoms with Crippen LogP contribution in [0.2, 0.25) is 0 Å². The van der Waals surface area contributed by atoms with Gasteiger partial charge in [0, 0.05) is 24.0 Å². The summed E-state index contributed by atoms with van der Waals surface area (Å²) in [7, 11) is 0. The van der Waals surface area contributed by atoms with Gasteiger partial charge in [-0.1, -0.05) is 25.7 Å². The molecule has 4 heteroatoms. The van der Waals surface area contributed by atoms with Crippen LogP contribution in [0.5, 0.6) is 0 Å². The molecule has 1 aromatic rings. The van der Waals surface area contributed by atoms with Crippen LogP contribution in [0.4, 0.5) is 0 Å². The lowest BCUT2D eigenvalue weighted by Gasteiger charge is -2.32. The molecule has 0 saturated heterocycles. The molecule has 4 nitrogen and oxygen atoms in total. The van der Waals surface area contributed by atoms with Crippen molar-refractivity contribution >= 4 is 5.91 Å². The molecule has 0 aromatic carbocycles. The minimum Gasteiger partial charge on any atom is -0.384 e. The molecular weight excluding hydrogens is 264 g/mol. The van der Waals surface area contributed by atoms with Crippen LogP contribution in [0.1, 0.15) is 49.0 Å². The van der Waals surface area contributed by atoms with Crippen LogP contribution < -0.4 is 5.32 Å². The highest BCUT2D eigenvalue weighted by molar-refractivity contribution is 5.94. The lowest BCUT2D eigenvalue weighted by Crippen LogP contribution is -2.39. The van der Waals surface area contributed by atoms with Gasteiger partial charge in [-0.2, -0.15) is 0 Å². The number of carbonyl (C=O) groups is 1. The molecule has 3 unspecified atom stereocenters. The molecule has 1 heterocycles. The van der Waals surface area contributed by atoms with E-state index in [1.54, 1.807) is 18.5 Å². The van der Waals surface area contributed by atoms with Crippen molar-refractivity contribution in [3.8, 4) is 11.8 Å². The first kappa shape index (κ1) is 15.5. The summed E-state index contributed by atoms with van der Waals surface area (Å²) in [5, 5.41) is 11.8. The normalized spacial score (nSPS) is 24.8. The van der Waals surface area contributed by atoms with Crippen molar-refractivity contribution in [1.82, 2.24) is 10.3 Å². The van der Waals surface area contributed by atoms with Gasteiger partial charge in [0.05, 0.1) is 5.56 Å². The van der Waals surface area contributed by atoms with Crippen molar-refractivity contribution in [2.75, 3.05) is 6.61 Å². The zero-order valence-corrected chi connectivity index (χ0v) is 12.6. The first-order chi connectivity index (χ1) is 10.1. The van der Waals surface area contributed by atoms with E-state index in [2.05, 4.69) is 36.0 Å². The Balaban J connectivity index is 2.00. The molecule has 1 amide bonds. The molecule has 1 aliphatic rings. The Kier molecular flexibility index (Phi) is 5.35. The first-order valence-electron chi connectivity index (χ1n) is 7.45. The molecule has 0 spiro atoms. The van der Waals surface area contributed by atoms with E-state index in [1.165, 1.54) is 0 Å². The number of aliphatic hydroxyl groups excluding tert-OH is 1. The van der Waals surface area contributed by atoms with E-state index in [4.69, 9.17) is 5.11 Å². The van der Waals surface area contributed by atoms with E-state index in [-0.39, 0.29) is 18.6 Å². The zero-order valence-electron chi connectivity index (χ0n) is 12.6. The summed E-state index contributed by atoms with van der Waals surface area (Å²) in [5.74, 6) is 6.60. The molecule has 1 aromatic heterocycles. The summed E-state index contributed by atoms with van der Waals surface area (Å²) < 4.78 is 0. The SMILES string of the molecule is CC1CCC(NC(=O)c2cncc(C#CCO)c2)CC1C. The third kappa shape index (κ3) is 4.30. The third-order valence-corrected chi connectivity index (χ3v) is 4.25. The molecule has 1 fully saturated rings. The summed E-state index contributed by atoms with van der Waals surface area (Å²) in [4.78, 5) is 16.3. The van der Waals surface area contributed by atoms with E-state index in [0.29, 0.717) is 17.0 Å². The van der Waals surface area contributed by atoms with Crippen molar-refractivity contribution in [1.29, 1.82) is 0 Å². The van der Waals surface area contributed by atoms with Crippen LogP contribution >= 0.6 is 0 Å². The van der Waals surface area contributed by atoms with Crippen molar-refractivity contribution < 1.29 is 9.90 Å². The number of amides is 1. The number of pyridine rings is 1. The van der Waals surface area contributed by atoms with Crippen LogP contribution in [0.3, 0.4) is 0 Å². The van der Waals surface area contributed by atoms with Crippen molar-refractivity contribution in [3.63, 3.8) is 0 Å². The quantitative estimate of drug-likeness (QED) is 0.817. The summed E-state index contributed by atoms with van der Waals surface area (Å²) in [5.41, 5.74) is 1.16. The van der Waals surface area contributed by atoms with E-state index >= 15 is 0 Å². The molecule has 3 atom stereocenters. The van der Waals surface area contributed by atoms with Crippen LogP contribution in [-0.2, 0) is 0 Å². The fourth-order valence-electron chi connectivity index (χ4n) is 2.72. The van der Waals surface area contributed by atoms with Crippen molar-refractivity contribution in [3.05, 3.63) is 29.6 Å². The number of aromatic nitrogens is 1. The van der Waals surface area contributed by atoms with Gasteiger partial charge in [0.2, 0.25) is 0 Å². The highest BCUT2D eigenvalue weighted by atomic mass is 16.2. The average molecular weight is 286 g/mol. The van der Waals surface area contributed by atoms with Gasteiger partial charge in [0.1, 0.15) is 6.61 Å². The van der Waals surface area contributed by atoms with Gasteiger partial charge in [-0.15, -0.1) is 0 Å². The topological polar surface area (TPSA) is 62.2 Å². The van der Waals surface area contributed by atoms with Gasteiger partial charge in [-0.05, 0) is 37.2 Å². The predicted molar refractivity (Wildman–Crippen MR) is 81.6 cm³/mol. The Labute approximate surface area is 126 Å². The first-order valence-corrected chi connectivity index (χ1v) is 7.45. The van der Waals surface area contributed by atoms with Gasteiger partial charge in [-0.3, -0.25) is 9.78 Å². The number of hydrogen-bond acceptors (Lipinski definition) is 3. The fourth-order valence-corrected chi connectivity index (χ4v) is 2.72. The monoisotopic (exact) mass is 286 g/mol. The Morgan fingerprint density at radius 3 is 2.90 bits per heavy atom. The second kappa shape index (κ2) is 7.24. The van der Waals surface area contributed by atoms with E-state index in [9.17, 15) is 4.79 Å². The van der Waals surface area contributed by atoms with Gasteiger partial charge in [0.15, 0.2) is 0 Å². The molecule has 1 saturated carbocycles. The van der Waals surface area contributed by atoms with Crippen molar-refractivity contribution in [2.24, 2.45) is 11.8 Å². The Hall–Kier alpha value is -1.86. The summed E-state index contributed by atoms with van der Waals surface area (Å²) in [6, 6.07) is 1.95. The number of carbonyl (C=O) groups excluding carboxylic acids is 1. The van der Waals surface area contributed by atoms with Gasteiger partial charge >= 0.3 is 0 Å². The number of nitrogens with one attached hydrogen (secondary N) is 1. The van der Waals surface area contributed by atoms with Crippen LogP contribution in [0.25, 0.3) is 0 Å². The molecule has 2 N–H and O–H groups in total. The molecule has 112 valence electrons. The maximum atomic E-state index is 12.3. The fraction of sp³-hybridized carbons (Fsp3) is 0.529. The third-order valence-electron chi connectivity index (χ3n) is 4.25. The van der Waals surface area contributed by atoms with Gasteiger partial charge in [0.25, 0.3) is 5.91 Å². The lowest BCUT2D eigenvalue weighted by atomic mass is 9.79. The standard InChI is InChI=1S/C17H22N2O2/c1-12-5-6-16(8-13(12)2)19-17(21)15-9-14(4-3-7-20)10-18-11-15/h9-13,16,20H,5-8H2,1-2H3,(H,19,21). The number of aliphatic hydroxyl groups is 1. The Morgan fingerprint density at radius 2 is 2.19 bits per heavy atom. The Morgan fingerprint density at radius 1 is 1.38 bits per heavy atom. The molecule has 21 heavy (non-hydrogen) atoms. The maximum Gasteiger partial charge on any atom is 0.253 e. The molecular formula is C17H22N2O2. The number of rotatable bonds is 2. The largest absolute Gasteiger partial charge is 0.384 e. The number of nitrogens with zero attached hydrogens (tertiary/aromatic N) is 1. The summed E-state index contributed by atoms with van der Waals surface area (Å²) in [6.07, 6.45) is 6.36. The van der Waals surface area contributed by atoms with E-state index < -0.39 is 0 Å². The highest BCUT2D eigenvalue weighted by Crippen LogP contribution is 2.29. The zero-order chi connectivity index (χ0) is 15.2. The van der Waals surface area contributed by atoms with Crippen LogP contribution in [-0.4, -0.2) is 28.6 Å². The smallest absolute Gasteiger partial charge is 0.253 e. The molecule has 1 aliphatic carbocycles.